The molecule has 2 nitrogen and oxygen atoms in total. The van der Waals surface area contributed by atoms with E-state index in [1.807, 2.05) is 31.2 Å². The lowest BCUT2D eigenvalue weighted by molar-refractivity contribution is 0.388. The minimum atomic E-state index is -0.943. The molecule has 3 aromatic carbocycles. The maximum Gasteiger partial charge on any atom is 0.0942 e. The van der Waals surface area contributed by atoms with Gasteiger partial charge in [-0.05, 0) is 49.2 Å². The summed E-state index contributed by atoms with van der Waals surface area (Å²) >= 11 is 6.29. The first kappa shape index (κ1) is 18.3. The van der Waals surface area contributed by atoms with Crippen LogP contribution >= 0.6 is 19.7 Å². The van der Waals surface area contributed by atoms with Gasteiger partial charge < -0.3 is 9.51 Å². The topological polar surface area (TPSA) is 25.0 Å². The predicted octanol–water partition coefficient (Wildman–Crippen LogP) is 6.18. The number of aromatic nitrogens is 1. The Kier molecular flexibility index (Phi) is 5.31. The van der Waals surface area contributed by atoms with Crippen LogP contribution in [0.15, 0.2) is 72.8 Å². The van der Waals surface area contributed by atoms with E-state index in [1.54, 1.807) is 0 Å². The van der Waals surface area contributed by atoms with Gasteiger partial charge in [0.05, 0.1) is 8.15 Å². The van der Waals surface area contributed by atoms with Crippen molar-refractivity contribution in [2.45, 2.75) is 13.8 Å². The third-order valence-electron chi connectivity index (χ3n) is 4.56. The maximum atomic E-state index is 6.29. The highest BCUT2D eigenvalue weighted by Crippen LogP contribution is 2.40. The highest BCUT2D eigenvalue weighted by Gasteiger charge is 2.22. The van der Waals surface area contributed by atoms with Crippen LogP contribution in [0.25, 0.3) is 22.0 Å². The molecule has 4 rings (SSSR count). The van der Waals surface area contributed by atoms with Crippen LogP contribution in [0, 0.1) is 6.92 Å². The molecule has 1 aromatic heterocycles. The summed E-state index contributed by atoms with van der Waals surface area (Å²) in [6, 6.07) is 25.1. The molecule has 0 bridgehead atoms. The quantitative estimate of drug-likeness (QED) is 0.402. The summed E-state index contributed by atoms with van der Waals surface area (Å²) in [7, 11) is -0.943. The number of aromatic amines is 1. The van der Waals surface area contributed by atoms with E-state index in [-0.39, 0.29) is 0 Å². The van der Waals surface area contributed by atoms with E-state index in [9.17, 15) is 0 Å². The minimum absolute atomic E-state index is 0.661. The van der Waals surface area contributed by atoms with Crippen LogP contribution in [0.3, 0.4) is 0 Å². The number of rotatable bonds is 5. The second-order valence-corrected chi connectivity index (χ2v) is 8.66. The zero-order chi connectivity index (χ0) is 18.8. The highest BCUT2D eigenvalue weighted by atomic mass is 35.5. The fourth-order valence-corrected chi connectivity index (χ4v) is 5.59. The Morgan fingerprint density at radius 2 is 1.70 bits per heavy atom. The molecule has 0 spiro atoms. The lowest BCUT2D eigenvalue weighted by Crippen LogP contribution is -2.15. The molecular formula is C23H21ClNOP. The van der Waals surface area contributed by atoms with Gasteiger partial charge in [0.1, 0.15) is 0 Å². The SMILES string of the molecule is CCOP(c1cccc(-c2ccccc2)c1)c1c(C)[nH]c2ccc(Cl)cc12. The number of nitrogens with one attached hydrogen (secondary N) is 1. The summed E-state index contributed by atoms with van der Waals surface area (Å²) in [5, 5.41) is 4.31. The average Bonchev–Trinajstić information content (AvgIpc) is 3.02. The Balaban J connectivity index is 1.85. The molecule has 0 aliphatic heterocycles. The first-order valence-corrected chi connectivity index (χ1v) is 10.7. The molecule has 0 saturated heterocycles. The second kappa shape index (κ2) is 7.86. The van der Waals surface area contributed by atoms with E-state index in [2.05, 4.69) is 60.4 Å². The third-order valence-corrected chi connectivity index (χ3v) is 7.04. The van der Waals surface area contributed by atoms with Gasteiger partial charge in [-0.1, -0.05) is 60.1 Å². The Bertz CT molecular complexity index is 1070. The van der Waals surface area contributed by atoms with Crippen LogP contribution < -0.4 is 10.6 Å². The Hall–Kier alpha value is -2.12. The maximum absolute atomic E-state index is 6.29. The molecule has 27 heavy (non-hydrogen) atoms. The van der Waals surface area contributed by atoms with E-state index in [1.165, 1.54) is 21.7 Å². The lowest BCUT2D eigenvalue weighted by atomic mass is 10.1. The standard InChI is InChI=1S/C23H21ClNOP/c1-3-26-27(23-16(2)25-22-13-12-19(24)15-21(22)23)20-11-7-10-18(14-20)17-8-5-4-6-9-17/h4-15,25H,3H2,1-2H3. The summed E-state index contributed by atoms with van der Waals surface area (Å²) in [6.45, 7) is 4.82. The number of benzene rings is 3. The number of fused-ring (bicyclic) bond motifs is 1. The summed E-state index contributed by atoms with van der Waals surface area (Å²) < 4.78 is 6.29. The van der Waals surface area contributed by atoms with Crippen molar-refractivity contribution in [3.8, 4) is 11.1 Å². The monoisotopic (exact) mass is 393 g/mol. The molecule has 1 heterocycles. The van der Waals surface area contributed by atoms with Crippen LogP contribution in [-0.4, -0.2) is 11.6 Å². The van der Waals surface area contributed by atoms with Gasteiger partial charge in [-0.2, -0.15) is 0 Å². The highest BCUT2D eigenvalue weighted by molar-refractivity contribution is 7.69. The average molecular weight is 394 g/mol. The van der Waals surface area contributed by atoms with Crippen molar-refractivity contribution < 1.29 is 4.52 Å². The normalized spacial score (nSPS) is 12.4. The van der Waals surface area contributed by atoms with E-state index in [0.29, 0.717) is 6.61 Å². The van der Waals surface area contributed by atoms with Crippen molar-refractivity contribution in [1.82, 2.24) is 4.98 Å². The summed E-state index contributed by atoms with van der Waals surface area (Å²) in [5.41, 5.74) is 4.65. The lowest BCUT2D eigenvalue weighted by Gasteiger charge is -2.19. The van der Waals surface area contributed by atoms with E-state index in [0.717, 1.165) is 21.6 Å². The van der Waals surface area contributed by atoms with Gasteiger partial charge in [0.25, 0.3) is 0 Å². The molecule has 0 aliphatic carbocycles. The van der Waals surface area contributed by atoms with E-state index >= 15 is 0 Å². The smallest absolute Gasteiger partial charge is 0.0942 e. The van der Waals surface area contributed by atoms with Crippen LogP contribution in [0.1, 0.15) is 12.6 Å². The fourth-order valence-electron chi connectivity index (χ4n) is 3.39. The van der Waals surface area contributed by atoms with Crippen molar-refractivity contribution >= 4 is 41.3 Å². The summed E-state index contributed by atoms with van der Waals surface area (Å²) in [6.07, 6.45) is 0. The fraction of sp³-hybridized carbons (Fsp3) is 0.130. The van der Waals surface area contributed by atoms with Crippen molar-refractivity contribution in [2.75, 3.05) is 6.61 Å². The zero-order valence-corrected chi connectivity index (χ0v) is 17.0. The number of hydrogen-bond donors (Lipinski definition) is 1. The number of H-pyrrole nitrogens is 1. The molecule has 0 radical (unpaired) electrons. The Labute approximate surface area is 166 Å². The van der Waals surface area contributed by atoms with Crippen LogP contribution in [0.2, 0.25) is 5.02 Å². The molecular weight excluding hydrogens is 373 g/mol. The second-order valence-electron chi connectivity index (χ2n) is 6.42. The molecule has 136 valence electrons. The van der Waals surface area contributed by atoms with Crippen LogP contribution in [0.5, 0.6) is 0 Å². The molecule has 0 amide bonds. The van der Waals surface area contributed by atoms with Crippen molar-refractivity contribution in [3.05, 3.63) is 83.5 Å². The van der Waals surface area contributed by atoms with Gasteiger partial charge in [-0.15, -0.1) is 0 Å². The van der Waals surface area contributed by atoms with Crippen LogP contribution in [0.4, 0.5) is 0 Å². The molecule has 0 fully saturated rings. The minimum Gasteiger partial charge on any atom is -0.358 e. The van der Waals surface area contributed by atoms with Gasteiger partial charge in [-0.3, -0.25) is 0 Å². The Morgan fingerprint density at radius 1 is 0.926 bits per heavy atom. The van der Waals surface area contributed by atoms with Crippen LogP contribution in [-0.2, 0) is 4.52 Å². The Morgan fingerprint density at radius 3 is 2.48 bits per heavy atom. The number of aryl methyl sites for hydroxylation is 1. The number of hydrogen-bond acceptors (Lipinski definition) is 1. The van der Waals surface area contributed by atoms with Crippen molar-refractivity contribution in [1.29, 1.82) is 0 Å². The molecule has 4 aromatic rings. The van der Waals surface area contributed by atoms with Crippen molar-refractivity contribution in [2.24, 2.45) is 0 Å². The molecule has 4 heteroatoms. The molecule has 1 atom stereocenters. The molecule has 0 saturated carbocycles. The van der Waals surface area contributed by atoms with Crippen molar-refractivity contribution in [3.63, 3.8) is 0 Å². The predicted molar refractivity (Wildman–Crippen MR) is 118 cm³/mol. The summed E-state index contributed by atoms with van der Waals surface area (Å²) in [5.74, 6) is 0. The van der Waals surface area contributed by atoms with Gasteiger partial charge in [0.15, 0.2) is 0 Å². The largest absolute Gasteiger partial charge is 0.358 e. The van der Waals surface area contributed by atoms with E-state index in [4.69, 9.17) is 16.1 Å². The third kappa shape index (κ3) is 3.66. The first-order valence-electron chi connectivity index (χ1n) is 9.03. The van der Waals surface area contributed by atoms with Gasteiger partial charge in [0, 0.05) is 38.8 Å². The van der Waals surface area contributed by atoms with Gasteiger partial charge >= 0.3 is 0 Å². The molecule has 1 N–H and O–H groups in total. The number of halogens is 1. The van der Waals surface area contributed by atoms with Gasteiger partial charge in [-0.25, -0.2) is 0 Å². The van der Waals surface area contributed by atoms with E-state index < -0.39 is 8.15 Å². The first-order chi connectivity index (χ1) is 13.2. The molecule has 1 unspecified atom stereocenters. The van der Waals surface area contributed by atoms with Gasteiger partial charge in [0.2, 0.25) is 0 Å². The molecule has 0 aliphatic rings. The summed E-state index contributed by atoms with van der Waals surface area (Å²) in [4.78, 5) is 3.49. The zero-order valence-electron chi connectivity index (χ0n) is 15.4.